The van der Waals surface area contributed by atoms with E-state index in [1.54, 1.807) is 0 Å². The highest BCUT2D eigenvalue weighted by molar-refractivity contribution is 5.34. The molecule has 4 heteroatoms. The Morgan fingerprint density at radius 2 is 2.13 bits per heavy atom. The molecule has 84 valence electrons. The van der Waals surface area contributed by atoms with Gasteiger partial charge in [0.2, 0.25) is 0 Å². The summed E-state index contributed by atoms with van der Waals surface area (Å²) >= 11 is 0. The second kappa shape index (κ2) is 5.09. The molecule has 1 aromatic rings. The molecule has 0 aromatic carbocycles. The third kappa shape index (κ3) is 2.67. The molecule has 0 aliphatic carbocycles. The van der Waals surface area contributed by atoms with Crippen LogP contribution in [0.4, 0.5) is 0 Å². The van der Waals surface area contributed by atoms with E-state index >= 15 is 0 Å². The van der Waals surface area contributed by atoms with Gasteiger partial charge in [-0.3, -0.25) is 4.98 Å². The standard InChI is InChI=1S/C11H19N3O/c1-4-9(12)11-10(15-13)5-8(6-14-11)7(2)3/h5-7,9H,4,12-13H2,1-3H3. The van der Waals surface area contributed by atoms with Gasteiger partial charge < -0.3 is 10.6 Å². The van der Waals surface area contributed by atoms with Crippen molar-refractivity contribution in [1.29, 1.82) is 0 Å². The Balaban J connectivity index is 3.09. The van der Waals surface area contributed by atoms with Crippen molar-refractivity contribution in [2.45, 2.75) is 39.2 Å². The second-order valence-corrected chi connectivity index (χ2v) is 3.94. The topological polar surface area (TPSA) is 74.2 Å². The normalized spacial score (nSPS) is 12.9. The van der Waals surface area contributed by atoms with Gasteiger partial charge in [-0.2, -0.15) is 5.90 Å². The van der Waals surface area contributed by atoms with E-state index in [9.17, 15) is 0 Å². The Morgan fingerprint density at radius 1 is 1.47 bits per heavy atom. The maximum absolute atomic E-state index is 5.90. The van der Waals surface area contributed by atoms with E-state index in [1.165, 1.54) is 0 Å². The summed E-state index contributed by atoms with van der Waals surface area (Å²) in [6.45, 7) is 6.19. The first-order valence-electron chi connectivity index (χ1n) is 5.22. The lowest BCUT2D eigenvalue weighted by Gasteiger charge is -2.14. The highest BCUT2D eigenvalue weighted by atomic mass is 16.6. The zero-order valence-electron chi connectivity index (χ0n) is 9.53. The van der Waals surface area contributed by atoms with Gasteiger partial charge in [0.25, 0.3) is 0 Å². The van der Waals surface area contributed by atoms with E-state index in [4.69, 9.17) is 16.5 Å². The fraction of sp³-hybridized carbons (Fsp3) is 0.545. The van der Waals surface area contributed by atoms with Gasteiger partial charge in [-0.15, -0.1) is 0 Å². The van der Waals surface area contributed by atoms with Crippen LogP contribution in [0.3, 0.4) is 0 Å². The second-order valence-electron chi connectivity index (χ2n) is 3.94. The molecule has 15 heavy (non-hydrogen) atoms. The van der Waals surface area contributed by atoms with Gasteiger partial charge in [-0.05, 0) is 24.0 Å². The van der Waals surface area contributed by atoms with Crippen LogP contribution >= 0.6 is 0 Å². The minimum atomic E-state index is -0.121. The SMILES string of the molecule is CCC(N)c1ncc(C(C)C)cc1ON. The fourth-order valence-corrected chi connectivity index (χ4v) is 1.35. The first-order chi connectivity index (χ1) is 7.10. The summed E-state index contributed by atoms with van der Waals surface area (Å²) in [5.41, 5.74) is 7.72. The zero-order valence-corrected chi connectivity index (χ0v) is 9.53. The number of nitrogens with zero attached hydrogens (tertiary/aromatic N) is 1. The van der Waals surface area contributed by atoms with Crippen molar-refractivity contribution in [2.75, 3.05) is 0 Å². The number of nitrogens with two attached hydrogens (primary N) is 2. The summed E-state index contributed by atoms with van der Waals surface area (Å²) in [6.07, 6.45) is 2.64. The van der Waals surface area contributed by atoms with Crippen LogP contribution in [0.2, 0.25) is 0 Å². The van der Waals surface area contributed by atoms with Crippen molar-refractivity contribution in [2.24, 2.45) is 11.6 Å². The summed E-state index contributed by atoms with van der Waals surface area (Å²) in [4.78, 5) is 9.13. The number of rotatable bonds is 4. The molecule has 0 amide bonds. The van der Waals surface area contributed by atoms with Crippen LogP contribution in [0.25, 0.3) is 0 Å². The van der Waals surface area contributed by atoms with Gasteiger partial charge in [0.05, 0.1) is 6.04 Å². The molecular weight excluding hydrogens is 190 g/mol. The molecule has 0 aliphatic heterocycles. The molecule has 1 unspecified atom stereocenters. The molecule has 1 aromatic heterocycles. The average Bonchev–Trinajstić information content (AvgIpc) is 2.27. The molecule has 1 heterocycles. The van der Waals surface area contributed by atoms with E-state index in [0.717, 1.165) is 17.7 Å². The minimum Gasteiger partial charge on any atom is -0.410 e. The van der Waals surface area contributed by atoms with Crippen molar-refractivity contribution < 1.29 is 4.84 Å². The molecule has 0 bridgehead atoms. The highest BCUT2D eigenvalue weighted by Crippen LogP contribution is 2.26. The molecule has 1 atom stereocenters. The Morgan fingerprint density at radius 3 is 2.60 bits per heavy atom. The van der Waals surface area contributed by atoms with E-state index < -0.39 is 0 Å². The largest absolute Gasteiger partial charge is 0.410 e. The third-order valence-electron chi connectivity index (χ3n) is 2.49. The zero-order chi connectivity index (χ0) is 11.4. The number of pyridine rings is 1. The van der Waals surface area contributed by atoms with Crippen LogP contribution in [0.15, 0.2) is 12.3 Å². The molecule has 1 rings (SSSR count). The number of aromatic nitrogens is 1. The van der Waals surface area contributed by atoms with Crippen molar-refractivity contribution in [1.82, 2.24) is 4.98 Å². The van der Waals surface area contributed by atoms with Crippen LogP contribution in [-0.2, 0) is 0 Å². The van der Waals surface area contributed by atoms with Crippen molar-refractivity contribution in [3.63, 3.8) is 0 Å². The number of hydrogen-bond acceptors (Lipinski definition) is 4. The van der Waals surface area contributed by atoms with Gasteiger partial charge in [-0.1, -0.05) is 20.8 Å². The summed E-state index contributed by atoms with van der Waals surface area (Å²) in [7, 11) is 0. The van der Waals surface area contributed by atoms with E-state index in [-0.39, 0.29) is 6.04 Å². The lowest BCUT2D eigenvalue weighted by atomic mass is 10.0. The van der Waals surface area contributed by atoms with Crippen LogP contribution in [0.1, 0.15) is 50.4 Å². The maximum atomic E-state index is 5.90. The summed E-state index contributed by atoms with van der Waals surface area (Å²) < 4.78 is 0. The van der Waals surface area contributed by atoms with E-state index in [2.05, 4.69) is 18.8 Å². The summed E-state index contributed by atoms with van der Waals surface area (Å²) in [5.74, 6) is 6.20. The predicted octanol–water partition coefficient (Wildman–Crippen LogP) is 1.87. The fourth-order valence-electron chi connectivity index (χ4n) is 1.35. The summed E-state index contributed by atoms with van der Waals surface area (Å²) in [5, 5.41) is 0. The Hall–Kier alpha value is -1.13. The number of hydrogen-bond donors (Lipinski definition) is 2. The van der Waals surface area contributed by atoms with Crippen molar-refractivity contribution in [3.05, 3.63) is 23.5 Å². The first kappa shape index (κ1) is 11.9. The molecule has 0 saturated carbocycles. The molecule has 0 saturated heterocycles. The molecule has 4 N–H and O–H groups in total. The highest BCUT2D eigenvalue weighted by Gasteiger charge is 2.14. The third-order valence-corrected chi connectivity index (χ3v) is 2.49. The van der Waals surface area contributed by atoms with Gasteiger partial charge in [0.1, 0.15) is 5.69 Å². The molecule has 0 fully saturated rings. The van der Waals surface area contributed by atoms with Crippen LogP contribution in [0.5, 0.6) is 5.75 Å². The Bertz CT molecular complexity index is 326. The Kier molecular flexibility index (Phi) is 4.05. The molecule has 0 spiro atoms. The minimum absolute atomic E-state index is 0.121. The lowest BCUT2D eigenvalue weighted by Crippen LogP contribution is -2.15. The molecule has 0 aliphatic rings. The smallest absolute Gasteiger partial charge is 0.170 e. The molecular formula is C11H19N3O. The maximum Gasteiger partial charge on any atom is 0.170 e. The van der Waals surface area contributed by atoms with Gasteiger partial charge in [0.15, 0.2) is 5.75 Å². The van der Waals surface area contributed by atoms with Crippen LogP contribution < -0.4 is 16.5 Å². The summed E-state index contributed by atoms with van der Waals surface area (Å²) in [6, 6.07) is 1.78. The quantitative estimate of drug-likeness (QED) is 0.742. The monoisotopic (exact) mass is 209 g/mol. The molecule has 4 nitrogen and oxygen atoms in total. The van der Waals surface area contributed by atoms with Gasteiger partial charge >= 0.3 is 0 Å². The van der Waals surface area contributed by atoms with Gasteiger partial charge in [0, 0.05) is 6.20 Å². The van der Waals surface area contributed by atoms with Gasteiger partial charge in [-0.25, -0.2) is 0 Å². The molecule has 0 radical (unpaired) electrons. The lowest BCUT2D eigenvalue weighted by molar-refractivity contribution is 0.325. The first-order valence-corrected chi connectivity index (χ1v) is 5.22. The van der Waals surface area contributed by atoms with Crippen molar-refractivity contribution in [3.8, 4) is 5.75 Å². The van der Waals surface area contributed by atoms with Crippen molar-refractivity contribution >= 4 is 0 Å². The van der Waals surface area contributed by atoms with E-state index in [1.807, 2.05) is 19.2 Å². The Labute approximate surface area is 90.6 Å². The predicted molar refractivity (Wildman–Crippen MR) is 60.4 cm³/mol. The van der Waals surface area contributed by atoms with Crippen LogP contribution in [0, 0.1) is 0 Å². The van der Waals surface area contributed by atoms with E-state index in [0.29, 0.717) is 11.7 Å². The average molecular weight is 209 g/mol. The van der Waals surface area contributed by atoms with Crippen LogP contribution in [-0.4, -0.2) is 4.98 Å².